The molecule has 0 aromatic heterocycles. The Bertz CT molecular complexity index is 459. The highest BCUT2D eigenvalue weighted by atomic mass is 19.1. The summed E-state index contributed by atoms with van der Waals surface area (Å²) >= 11 is 0. The number of rotatable bonds is 4. The minimum absolute atomic E-state index is 0.0993. The Hall–Kier alpha value is -1.71. The molecule has 1 saturated heterocycles. The predicted octanol–water partition coefficient (Wildman–Crippen LogP) is 1.55. The third-order valence-electron chi connectivity index (χ3n) is 2.91. The van der Waals surface area contributed by atoms with Crippen LogP contribution in [0.1, 0.15) is 5.56 Å². The lowest BCUT2D eigenvalue weighted by Crippen LogP contribution is -2.38. The molecule has 1 heterocycles. The largest absolute Gasteiger partial charge is 0.492 e. The lowest BCUT2D eigenvalue weighted by atomic mass is 10.2. The van der Waals surface area contributed by atoms with Crippen molar-refractivity contribution < 1.29 is 18.3 Å². The number of hydrogen-bond donors (Lipinski definition) is 0. The predicted molar refractivity (Wildman–Crippen MR) is 63.8 cm³/mol. The molecule has 1 aromatic rings. The van der Waals surface area contributed by atoms with E-state index in [0.29, 0.717) is 26.4 Å². The van der Waals surface area contributed by atoms with Gasteiger partial charge >= 0.3 is 0 Å². The zero-order valence-corrected chi connectivity index (χ0v) is 10.4. The molecule has 0 saturated carbocycles. The summed E-state index contributed by atoms with van der Waals surface area (Å²) in [5.41, 5.74) is -0.583. The Labute approximate surface area is 110 Å². The van der Waals surface area contributed by atoms with Crippen molar-refractivity contribution >= 4 is 0 Å². The van der Waals surface area contributed by atoms with E-state index in [-0.39, 0.29) is 5.75 Å². The second-order valence-electron chi connectivity index (χ2n) is 4.18. The summed E-state index contributed by atoms with van der Waals surface area (Å²) in [5.74, 6) is -1.70. The van der Waals surface area contributed by atoms with Gasteiger partial charge in [-0.3, -0.25) is 4.90 Å². The Balaban J connectivity index is 1.87. The summed E-state index contributed by atoms with van der Waals surface area (Å²) in [6.45, 7) is 4.07. The number of hydrogen-bond acceptors (Lipinski definition) is 4. The van der Waals surface area contributed by atoms with Crippen LogP contribution >= 0.6 is 0 Å². The molecule has 1 aromatic carbocycles. The Morgan fingerprint density at radius 2 is 1.89 bits per heavy atom. The Kier molecular flexibility index (Phi) is 4.66. The van der Waals surface area contributed by atoms with E-state index in [9.17, 15) is 8.78 Å². The lowest BCUT2D eigenvalue weighted by molar-refractivity contribution is 0.0322. The zero-order chi connectivity index (χ0) is 13.7. The maximum Gasteiger partial charge on any atom is 0.147 e. The third kappa shape index (κ3) is 3.63. The van der Waals surface area contributed by atoms with E-state index in [0.717, 1.165) is 25.2 Å². The van der Waals surface area contributed by atoms with E-state index in [2.05, 4.69) is 4.90 Å². The van der Waals surface area contributed by atoms with Crippen LogP contribution in [0.25, 0.3) is 0 Å². The molecule has 6 heteroatoms. The topological polar surface area (TPSA) is 45.5 Å². The van der Waals surface area contributed by atoms with Gasteiger partial charge in [-0.15, -0.1) is 0 Å². The molecule has 102 valence electrons. The van der Waals surface area contributed by atoms with Gasteiger partial charge < -0.3 is 9.47 Å². The molecule has 2 rings (SSSR count). The summed E-state index contributed by atoms with van der Waals surface area (Å²) in [6.07, 6.45) is 0. The van der Waals surface area contributed by atoms with Gasteiger partial charge in [0.15, 0.2) is 0 Å². The van der Waals surface area contributed by atoms with E-state index in [1.54, 1.807) is 0 Å². The molecule has 19 heavy (non-hydrogen) atoms. The fourth-order valence-corrected chi connectivity index (χ4v) is 1.86. The van der Waals surface area contributed by atoms with Crippen LogP contribution in [0, 0.1) is 23.0 Å². The molecule has 0 bridgehead atoms. The molecule has 1 fully saturated rings. The summed E-state index contributed by atoms with van der Waals surface area (Å²) in [5, 5.41) is 8.55. The molecule has 0 aliphatic carbocycles. The van der Waals surface area contributed by atoms with Crippen molar-refractivity contribution in [1.29, 1.82) is 5.26 Å². The summed E-state index contributed by atoms with van der Waals surface area (Å²) < 4.78 is 37.2. The van der Waals surface area contributed by atoms with E-state index >= 15 is 0 Å². The summed E-state index contributed by atoms with van der Waals surface area (Å²) in [4.78, 5) is 2.15. The van der Waals surface area contributed by atoms with Crippen LogP contribution in [0.4, 0.5) is 8.78 Å². The van der Waals surface area contributed by atoms with Crippen molar-refractivity contribution in [3.8, 4) is 11.8 Å². The van der Waals surface area contributed by atoms with Crippen LogP contribution < -0.4 is 4.74 Å². The number of ether oxygens (including phenoxy) is 2. The molecule has 1 aliphatic rings. The second-order valence-corrected chi connectivity index (χ2v) is 4.18. The fourth-order valence-electron chi connectivity index (χ4n) is 1.86. The first-order valence-electron chi connectivity index (χ1n) is 6.03. The van der Waals surface area contributed by atoms with Gasteiger partial charge in [-0.25, -0.2) is 8.78 Å². The van der Waals surface area contributed by atoms with Gasteiger partial charge in [0, 0.05) is 31.8 Å². The van der Waals surface area contributed by atoms with Crippen LogP contribution in [0.2, 0.25) is 0 Å². The monoisotopic (exact) mass is 268 g/mol. The average molecular weight is 268 g/mol. The van der Waals surface area contributed by atoms with Crippen molar-refractivity contribution in [1.82, 2.24) is 4.90 Å². The van der Waals surface area contributed by atoms with Gasteiger partial charge in [-0.2, -0.15) is 5.26 Å². The van der Waals surface area contributed by atoms with Crippen molar-refractivity contribution in [3.05, 3.63) is 29.3 Å². The minimum Gasteiger partial charge on any atom is -0.492 e. The van der Waals surface area contributed by atoms with Gasteiger partial charge in [0.2, 0.25) is 0 Å². The van der Waals surface area contributed by atoms with Gasteiger partial charge in [0.25, 0.3) is 0 Å². The highest BCUT2D eigenvalue weighted by molar-refractivity contribution is 5.37. The second kappa shape index (κ2) is 6.45. The van der Waals surface area contributed by atoms with Gasteiger partial charge in [0.05, 0.1) is 13.2 Å². The van der Waals surface area contributed by atoms with E-state index in [1.807, 2.05) is 0 Å². The third-order valence-corrected chi connectivity index (χ3v) is 2.91. The molecular formula is C13H14F2N2O2. The fraction of sp³-hybridized carbons (Fsp3) is 0.462. The van der Waals surface area contributed by atoms with Crippen LogP contribution in [0.5, 0.6) is 5.75 Å². The van der Waals surface area contributed by atoms with Crippen LogP contribution in [-0.2, 0) is 4.74 Å². The van der Waals surface area contributed by atoms with Crippen LogP contribution in [0.3, 0.4) is 0 Å². The molecule has 0 N–H and O–H groups in total. The number of nitrogens with zero attached hydrogens (tertiary/aromatic N) is 2. The normalized spacial score (nSPS) is 16.1. The highest BCUT2D eigenvalue weighted by Crippen LogP contribution is 2.19. The molecule has 0 unspecified atom stereocenters. The standard InChI is InChI=1S/C13H14F2N2O2/c14-12-7-10(8-13(15)11(12)9-16)19-6-3-17-1-4-18-5-2-17/h7-8H,1-6H2. The van der Waals surface area contributed by atoms with Gasteiger partial charge in [-0.1, -0.05) is 0 Å². The first kappa shape index (κ1) is 13.7. The first-order chi connectivity index (χ1) is 9.20. The molecule has 0 atom stereocenters. The molecular weight excluding hydrogens is 254 g/mol. The maximum absolute atomic E-state index is 13.3. The maximum atomic E-state index is 13.3. The SMILES string of the molecule is N#Cc1c(F)cc(OCCN2CCOCC2)cc1F. The number of benzene rings is 1. The van der Waals surface area contributed by atoms with Crippen molar-refractivity contribution in [2.24, 2.45) is 0 Å². The van der Waals surface area contributed by atoms with Gasteiger partial charge in [-0.05, 0) is 0 Å². The molecule has 4 nitrogen and oxygen atoms in total. The number of morpholine rings is 1. The van der Waals surface area contributed by atoms with Crippen LogP contribution in [0.15, 0.2) is 12.1 Å². The van der Waals surface area contributed by atoms with Gasteiger partial charge in [0.1, 0.15) is 35.6 Å². The highest BCUT2D eigenvalue weighted by Gasteiger charge is 2.13. The Morgan fingerprint density at radius 1 is 1.26 bits per heavy atom. The van der Waals surface area contributed by atoms with E-state index < -0.39 is 17.2 Å². The summed E-state index contributed by atoms with van der Waals surface area (Å²) in [6, 6.07) is 3.53. The molecule has 0 amide bonds. The van der Waals surface area contributed by atoms with Crippen LogP contribution in [-0.4, -0.2) is 44.4 Å². The van der Waals surface area contributed by atoms with E-state index in [1.165, 1.54) is 6.07 Å². The van der Waals surface area contributed by atoms with E-state index in [4.69, 9.17) is 14.7 Å². The zero-order valence-electron chi connectivity index (χ0n) is 10.4. The Morgan fingerprint density at radius 3 is 2.47 bits per heavy atom. The minimum atomic E-state index is -0.899. The van der Waals surface area contributed by atoms with Crippen molar-refractivity contribution in [3.63, 3.8) is 0 Å². The van der Waals surface area contributed by atoms with Crippen molar-refractivity contribution in [2.45, 2.75) is 0 Å². The van der Waals surface area contributed by atoms with Crippen molar-refractivity contribution in [2.75, 3.05) is 39.5 Å². The smallest absolute Gasteiger partial charge is 0.147 e. The quantitative estimate of drug-likeness (QED) is 0.831. The molecule has 1 aliphatic heterocycles. The first-order valence-corrected chi connectivity index (χ1v) is 6.03. The molecule has 0 radical (unpaired) electrons. The molecule has 0 spiro atoms. The number of nitriles is 1. The summed E-state index contributed by atoms with van der Waals surface area (Å²) in [7, 11) is 0. The lowest BCUT2D eigenvalue weighted by Gasteiger charge is -2.26. The average Bonchev–Trinajstić information content (AvgIpc) is 2.40. The number of halogens is 2.